The van der Waals surface area contributed by atoms with E-state index >= 15 is 0 Å². The Morgan fingerprint density at radius 2 is 1.64 bits per heavy atom. The van der Waals surface area contributed by atoms with Gasteiger partial charge in [-0.3, -0.25) is 9.59 Å². The van der Waals surface area contributed by atoms with Gasteiger partial charge in [-0.2, -0.15) is 0 Å². The van der Waals surface area contributed by atoms with Crippen LogP contribution < -0.4 is 4.90 Å². The van der Waals surface area contributed by atoms with E-state index in [1.807, 2.05) is 18.2 Å². The largest absolute Gasteiger partial charge is 0.451 e. The summed E-state index contributed by atoms with van der Waals surface area (Å²) in [6.07, 6.45) is 3.74. The maximum atomic E-state index is 12.7. The fourth-order valence-corrected chi connectivity index (χ4v) is 3.94. The fourth-order valence-electron chi connectivity index (χ4n) is 3.94. The molecule has 5 nitrogen and oxygen atoms in total. The Kier molecular flexibility index (Phi) is 4.99. The number of fused-ring (bicyclic) bond motifs is 1. The van der Waals surface area contributed by atoms with Gasteiger partial charge in [0.1, 0.15) is 0 Å². The normalized spacial score (nSPS) is 16.8. The summed E-state index contributed by atoms with van der Waals surface area (Å²) < 4.78 is 5.39. The van der Waals surface area contributed by atoms with Gasteiger partial charge in [0.05, 0.1) is 5.56 Å². The highest BCUT2D eigenvalue weighted by Crippen LogP contribution is 2.24. The SMILES string of the molecule is C[C@H](OC(=O)c1ccc(N2CCCC2=O)cc1)C(=O)c1ccc2c(c1)CCC2. The Hall–Kier alpha value is -2.95. The number of anilines is 1. The number of aryl methyl sites for hydroxylation is 2. The molecular formula is C23H23NO4. The molecule has 0 spiro atoms. The van der Waals surface area contributed by atoms with Crippen molar-refractivity contribution in [1.82, 2.24) is 0 Å². The maximum Gasteiger partial charge on any atom is 0.338 e. The predicted octanol–water partition coefficient (Wildman–Crippen LogP) is 3.73. The van der Waals surface area contributed by atoms with Gasteiger partial charge < -0.3 is 9.64 Å². The van der Waals surface area contributed by atoms with Crippen molar-refractivity contribution < 1.29 is 19.1 Å². The summed E-state index contributed by atoms with van der Waals surface area (Å²) >= 11 is 0. The summed E-state index contributed by atoms with van der Waals surface area (Å²) in [6.45, 7) is 2.31. The molecule has 2 aliphatic rings. The molecule has 1 aliphatic heterocycles. The van der Waals surface area contributed by atoms with E-state index < -0.39 is 12.1 Å². The van der Waals surface area contributed by atoms with Gasteiger partial charge in [-0.05, 0) is 74.1 Å². The zero-order valence-electron chi connectivity index (χ0n) is 15.9. The molecule has 0 saturated carbocycles. The van der Waals surface area contributed by atoms with Crippen LogP contribution >= 0.6 is 0 Å². The molecule has 4 rings (SSSR count). The molecule has 1 amide bonds. The molecule has 1 aliphatic carbocycles. The first kappa shape index (κ1) is 18.4. The molecule has 0 unspecified atom stereocenters. The molecule has 1 heterocycles. The quantitative estimate of drug-likeness (QED) is 0.588. The average molecular weight is 377 g/mol. The second-order valence-corrected chi connectivity index (χ2v) is 7.44. The Morgan fingerprint density at radius 1 is 0.929 bits per heavy atom. The third-order valence-corrected chi connectivity index (χ3v) is 5.52. The first-order chi connectivity index (χ1) is 13.5. The summed E-state index contributed by atoms with van der Waals surface area (Å²) in [4.78, 5) is 38.6. The molecule has 144 valence electrons. The first-order valence-corrected chi connectivity index (χ1v) is 9.80. The third-order valence-electron chi connectivity index (χ3n) is 5.52. The maximum absolute atomic E-state index is 12.7. The molecule has 1 saturated heterocycles. The lowest BCUT2D eigenvalue weighted by Gasteiger charge is -2.16. The van der Waals surface area contributed by atoms with Gasteiger partial charge in [0.2, 0.25) is 11.7 Å². The van der Waals surface area contributed by atoms with Gasteiger partial charge in [0, 0.05) is 24.2 Å². The van der Waals surface area contributed by atoms with E-state index in [1.54, 1.807) is 36.1 Å². The van der Waals surface area contributed by atoms with Crippen molar-refractivity contribution in [2.45, 2.75) is 45.1 Å². The van der Waals surface area contributed by atoms with Gasteiger partial charge in [-0.25, -0.2) is 4.79 Å². The van der Waals surface area contributed by atoms with E-state index in [2.05, 4.69) is 0 Å². The van der Waals surface area contributed by atoms with Crippen LogP contribution in [0.2, 0.25) is 0 Å². The summed E-state index contributed by atoms with van der Waals surface area (Å²) in [5, 5.41) is 0. The van der Waals surface area contributed by atoms with Crippen LogP contribution in [0.5, 0.6) is 0 Å². The molecule has 0 radical (unpaired) electrons. The molecular weight excluding hydrogens is 354 g/mol. The summed E-state index contributed by atoms with van der Waals surface area (Å²) in [5.41, 5.74) is 4.25. The number of hydrogen-bond acceptors (Lipinski definition) is 4. The zero-order chi connectivity index (χ0) is 19.7. The lowest BCUT2D eigenvalue weighted by atomic mass is 10.0. The van der Waals surface area contributed by atoms with Crippen LogP contribution in [0.15, 0.2) is 42.5 Å². The molecule has 0 aromatic heterocycles. The van der Waals surface area contributed by atoms with Crippen LogP contribution in [0.25, 0.3) is 0 Å². The number of hydrogen-bond donors (Lipinski definition) is 0. The molecule has 1 fully saturated rings. The monoisotopic (exact) mass is 377 g/mol. The Morgan fingerprint density at radius 3 is 2.36 bits per heavy atom. The van der Waals surface area contributed by atoms with Crippen molar-refractivity contribution in [3.8, 4) is 0 Å². The van der Waals surface area contributed by atoms with Crippen molar-refractivity contribution in [3.63, 3.8) is 0 Å². The van der Waals surface area contributed by atoms with Crippen molar-refractivity contribution in [3.05, 3.63) is 64.7 Å². The standard InChI is InChI=1S/C23H23NO4/c1-15(22(26)19-8-7-16-4-2-5-18(16)14-19)28-23(27)17-9-11-20(12-10-17)24-13-3-6-21(24)25/h7-12,14-15H,2-6,13H2,1H3/t15-/m0/s1. The summed E-state index contributed by atoms with van der Waals surface area (Å²) in [5.74, 6) is -0.632. The number of Topliss-reactive ketones (excluding diaryl/α,β-unsaturated/α-hetero) is 1. The van der Waals surface area contributed by atoms with Crippen molar-refractivity contribution >= 4 is 23.3 Å². The predicted molar refractivity (Wildman–Crippen MR) is 106 cm³/mol. The average Bonchev–Trinajstić information content (AvgIpc) is 3.35. The minimum Gasteiger partial charge on any atom is -0.451 e. The number of ketones is 1. The number of rotatable bonds is 5. The van der Waals surface area contributed by atoms with Crippen molar-refractivity contribution in [2.24, 2.45) is 0 Å². The minimum absolute atomic E-state index is 0.101. The molecule has 5 heteroatoms. The van der Waals surface area contributed by atoms with Gasteiger partial charge in [-0.15, -0.1) is 0 Å². The van der Waals surface area contributed by atoms with Crippen LogP contribution in [0, 0.1) is 0 Å². The van der Waals surface area contributed by atoms with Crippen LogP contribution in [-0.2, 0) is 22.4 Å². The van der Waals surface area contributed by atoms with Crippen LogP contribution in [0.4, 0.5) is 5.69 Å². The van der Waals surface area contributed by atoms with E-state index in [1.165, 1.54) is 11.1 Å². The number of esters is 1. The number of amides is 1. The van der Waals surface area contributed by atoms with Gasteiger partial charge in [0.25, 0.3) is 0 Å². The molecule has 28 heavy (non-hydrogen) atoms. The second kappa shape index (κ2) is 7.58. The number of carbonyl (C=O) groups is 3. The molecule has 2 aromatic rings. The Bertz CT molecular complexity index is 932. The van der Waals surface area contributed by atoms with Gasteiger partial charge in [-0.1, -0.05) is 12.1 Å². The third kappa shape index (κ3) is 3.57. The van der Waals surface area contributed by atoms with E-state index in [9.17, 15) is 14.4 Å². The van der Waals surface area contributed by atoms with Gasteiger partial charge in [0.15, 0.2) is 6.10 Å². The topological polar surface area (TPSA) is 63.7 Å². The van der Waals surface area contributed by atoms with E-state index in [0.29, 0.717) is 24.1 Å². The van der Waals surface area contributed by atoms with Crippen molar-refractivity contribution in [2.75, 3.05) is 11.4 Å². The van der Waals surface area contributed by atoms with Crippen LogP contribution in [-0.4, -0.2) is 30.3 Å². The second-order valence-electron chi connectivity index (χ2n) is 7.44. The van der Waals surface area contributed by atoms with Crippen LogP contribution in [0.1, 0.15) is 58.0 Å². The van der Waals surface area contributed by atoms with Crippen LogP contribution in [0.3, 0.4) is 0 Å². The fraction of sp³-hybridized carbons (Fsp3) is 0.348. The molecule has 0 bridgehead atoms. The molecule has 1 atom stereocenters. The number of nitrogens with zero attached hydrogens (tertiary/aromatic N) is 1. The lowest BCUT2D eigenvalue weighted by molar-refractivity contribution is -0.117. The van der Waals surface area contributed by atoms with Gasteiger partial charge >= 0.3 is 5.97 Å². The lowest BCUT2D eigenvalue weighted by Crippen LogP contribution is -2.25. The number of carbonyl (C=O) groups excluding carboxylic acids is 3. The highest BCUT2D eigenvalue weighted by molar-refractivity contribution is 6.02. The Balaban J connectivity index is 1.41. The highest BCUT2D eigenvalue weighted by Gasteiger charge is 2.24. The molecule has 2 aromatic carbocycles. The number of ether oxygens (including phenoxy) is 1. The minimum atomic E-state index is -0.855. The molecule has 0 N–H and O–H groups in total. The highest BCUT2D eigenvalue weighted by atomic mass is 16.5. The summed E-state index contributed by atoms with van der Waals surface area (Å²) in [7, 11) is 0. The zero-order valence-corrected chi connectivity index (χ0v) is 15.9. The van der Waals surface area contributed by atoms with Crippen molar-refractivity contribution in [1.29, 1.82) is 0 Å². The van der Waals surface area contributed by atoms with E-state index in [0.717, 1.165) is 31.4 Å². The van der Waals surface area contributed by atoms with E-state index in [4.69, 9.17) is 4.74 Å². The number of benzene rings is 2. The smallest absolute Gasteiger partial charge is 0.338 e. The van der Waals surface area contributed by atoms with E-state index in [-0.39, 0.29) is 11.7 Å². The Labute approximate surface area is 164 Å². The summed E-state index contributed by atoms with van der Waals surface area (Å²) in [6, 6.07) is 12.5. The first-order valence-electron chi connectivity index (χ1n) is 9.80.